The predicted octanol–water partition coefficient (Wildman–Crippen LogP) is 14.1. The van der Waals surface area contributed by atoms with E-state index in [1.165, 1.54) is 66.8 Å². The summed E-state index contributed by atoms with van der Waals surface area (Å²) in [5.74, 6) is 0. The molecule has 0 amide bonds. The molecule has 0 atom stereocenters. The number of hydrogen-bond acceptors (Lipinski definition) is 1. The molecule has 0 N–H and O–H groups in total. The Morgan fingerprint density at radius 3 is 1.38 bits per heavy atom. The zero-order valence-corrected chi connectivity index (χ0v) is 29.5. The molecule has 0 spiro atoms. The van der Waals surface area contributed by atoms with Crippen molar-refractivity contribution in [2.45, 2.75) is 19.3 Å². The van der Waals surface area contributed by atoms with Crippen molar-refractivity contribution in [2.24, 2.45) is 0 Å². The summed E-state index contributed by atoms with van der Waals surface area (Å²) in [6, 6.07) is 72.7. The quantitative estimate of drug-likeness (QED) is 0.164. The number of anilines is 3. The SMILES string of the molecule is CC1(C)c2ccccc2-c2c(-c3ccccc3N(c3ccc(-c4ccccc4)cc3)c3ccc(-c4cccc(-c5ccccc5)c4)cc3)cccc21. The lowest BCUT2D eigenvalue weighted by molar-refractivity contribution is 0.660. The van der Waals surface area contributed by atoms with Gasteiger partial charge < -0.3 is 4.90 Å². The first-order chi connectivity index (χ1) is 25.6. The summed E-state index contributed by atoms with van der Waals surface area (Å²) in [7, 11) is 0. The molecule has 0 aliphatic heterocycles. The van der Waals surface area contributed by atoms with E-state index in [-0.39, 0.29) is 5.41 Å². The minimum absolute atomic E-state index is 0.0719. The normalized spacial score (nSPS) is 12.6. The number of benzene rings is 8. The minimum atomic E-state index is -0.0719. The van der Waals surface area contributed by atoms with Gasteiger partial charge in [0.1, 0.15) is 0 Å². The highest BCUT2D eigenvalue weighted by Gasteiger charge is 2.37. The lowest BCUT2D eigenvalue weighted by atomic mass is 9.82. The molecule has 0 bridgehead atoms. The summed E-state index contributed by atoms with van der Waals surface area (Å²) < 4.78 is 0. The average Bonchev–Trinajstić information content (AvgIpc) is 3.45. The summed E-state index contributed by atoms with van der Waals surface area (Å²) >= 11 is 0. The van der Waals surface area contributed by atoms with Gasteiger partial charge in [-0.25, -0.2) is 0 Å². The molecule has 1 aliphatic rings. The first-order valence-corrected chi connectivity index (χ1v) is 18.1. The van der Waals surface area contributed by atoms with Gasteiger partial charge in [-0.2, -0.15) is 0 Å². The molecule has 0 aromatic heterocycles. The van der Waals surface area contributed by atoms with Crippen LogP contribution in [0.15, 0.2) is 200 Å². The third kappa shape index (κ3) is 5.52. The molecule has 0 saturated carbocycles. The van der Waals surface area contributed by atoms with Crippen LogP contribution in [0.2, 0.25) is 0 Å². The maximum absolute atomic E-state index is 2.42. The van der Waals surface area contributed by atoms with Crippen LogP contribution in [-0.2, 0) is 5.41 Å². The first kappa shape index (κ1) is 31.5. The second-order valence-electron chi connectivity index (χ2n) is 14.2. The standard InChI is InChI=1S/C51H39N/c1-51(2)47-24-11-9-22-46(47)50-45(23-14-25-48(50)51)44-21-10-12-26-49(44)52(42-31-27-38(28-32-42)36-15-5-3-6-16-36)43-33-29-39(30-34-43)41-20-13-19-40(35-41)37-17-7-4-8-18-37/h3-35H,1-2H3. The van der Waals surface area contributed by atoms with Crippen molar-refractivity contribution in [3.8, 4) is 55.6 Å². The number of fused-ring (bicyclic) bond motifs is 3. The van der Waals surface area contributed by atoms with E-state index >= 15 is 0 Å². The number of nitrogens with zero attached hydrogens (tertiary/aromatic N) is 1. The van der Waals surface area contributed by atoms with Crippen molar-refractivity contribution in [2.75, 3.05) is 4.90 Å². The van der Waals surface area contributed by atoms with Crippen LogP contribution in [0.4, 0.5) is 17.1 Å². The van der Waals surface area contributed by atoms with Crippen LogP contribution in [0.3, 0.4) is 0 Å². The molecule has 1 aliphatic carbocycles. The monoisotopic (exact) mass is 665 g/mol. The molecule has 8 aromatic rings. The van der Waals surface area contributed by atoms with Crippen molar-refractivity contribution < 1.29 is 0 Å². The van der Waals surface area contributed by atoms with E-state index < -0.39 is 0 Å². The maximum Gasteiger partial charge on any atom is 0.0540 e. The molecular formula is C51H39N. The van der Waals surface area contributed by atoms with Crippen molar-refractivity contribution in [3.05, 3.63) is 211 Å². The van der Waals surface area contributed by atoms with Gasteiger partial charge in [-0.15, -0.1) is 0 Å². The van der Waals surface area contributed by atoms with Crippen LogP contribution in [0.1, 0.15) is 25.0 Å². The second kappa shape index (κ2) is 13.0. The Morgan fingerprint density at radius 2 is 0.750 bits per heavy atom. The minimum Gasteiger partial charge on any atom is -0.310 e. The van der Waals surface area contributed by atoms with Crippen LogP contribution in [0, 0.1) is 0 Å². The Bertz CT molecular complexity index is 2510. The Morgan fingerprint density at radius 1 is 0.327 bits per heavy atom. The molecule has 52 heavy (non-hydrogen) atoms. The first-order valence-electron chi connectivity index (χ1n) is 18.1. The van der Waals surface area contributed by atoms with Crippen molar-refractivity contribution in [3.63, 3.8) is 0 Å². The molecule has 0 saturated heterocycles. The second-order valence-corrected chi connectivity index (χ2v) is 14.2. The van der Waals surface area contributed by atoms with E-state index in [9.17, 15) is 0 Å². The highest BCUT2D eigenvalue weighted by Crippen LogP contribution is 2.53. The number of rotatable bonds is 7. The van der Waals surface area contributed by atoms with Crippen molar-refractivity contribution >= 4 is 17.1 Å². The fourth-order valence-electron chi connectivity index (χ4n) is 8.05. The topological polar surface area (TPSA) is 3.24 Å². The van der Waals surface area contributed by atoms with Crippen LogP contribution in [-0.4, -0.2) is 0 Å². The molecule has 0 fully saturated rings. The average molecular weight is 666 g/mol. The molecule has 0 radical (unpaired) electrons. The van der Waals surface area contributed by atoms with Gasteiger partial charge >= 0.3 is 0 Å². The Kier molecular flexibility index (Phi) is 7.90. The molecule has 0 heterocycles. The fraction of sp³-hybridized carbons (Fsp3) is 0.0588. The largest absolute Gasteiger partial charge is 0.310 e. The fourth-order valence-corrected chi connectivity index (χ4v) is 8.05. The highest BCUT2D eigenvalue weighted by atomic mass is 15.1. The Balaban J connectivity index is 1.18. The summed E-state index contributed by atoms with van der Waals surface area (Å²) in [6.07, 6.45) is 0. The molecule has 9 rings (SSSR count). The summed E-state index contributed by atoms with van der Waals surface area (Å²) in [4.78, 5) is 2.42. The summed E-state index contributed by atoms with van der Waals surface area (Å²) in [5.41, 5.74) is 18.4. The third-order valence-electron chi connectivity index (χ3n) is 10.7. The van der Waals surface area contributed by atoms with E-state index in [4.69, 9.17) is 0 Å². The van der Waals surface area contributed by atoms with Crippen molar-refractivity contribution in [1.29, 1.82) is 0 Å². The van der Waals surface area contributed by atoms with Crippen molar-refractivity contribution in [1.82, 2.24) is 0 Å². The maximum atomic E-state index is 2.42. The van der Waals surface area contributed by atoms with E-state index in [0.717, 1.165) is 17.1 Å². The molecule has 8 aromatic carbocycles. The van der Waals surface area contributed by atoms with Crippen LogP contribution in [0.5, 0.6) is 0 Å². The predicted molar refractivity (Wildman–Crippen MR) is 220 cm³/mol. The third-order valence-corrected chi connectivity index (χ3v) is 10.7. The smallest absolute Gasteiger partial charge is 0.0540 e. The van der Waals surface area contributed by atoms with Gasteiger partial charge in [-0.1, -0.05) is 178 Å². The molecule has 0 unspecified atom stereocenters. The number of para-hydroxylation sites is 1. The lowest BCUT2D eigenvalue weighted by Gasteiger charge is -2.29. The summed E-state index contributed by atoms with van der Waals surface area (Å²) in [6.45, 7) is 4.70. The Hall–Kier alpha value is -6.44. The molecule has 1 nitrogen and oxygen atoms in total. The molecule has 248 valence electrons. The molecule has 1 heteroatoms. The van der Waals surface area contributed by atoms with Gasteiger partial charge in [0, 0.05) is 22.4 Å². The van der Waals surface area contributed by atoms with Gasteiger partial charge in [0.25, 0.3) is 0 Å². The zero-order valence-electron chi connectivity index (χ0n) is 29.5. The van der Waals surface area contributed by atoms with Gasteiger partial charge in [0.05, 0.1) is 5.69 Å². The molecular weight excluding hydrogens is 627 g/mol. The van der Waals surface area contributed by atoms with Gasteiger partial charge in [-0.05, 0) is 97.6 Å². The van der Waals surface area contributed by atoms with Crippen LogP contribution in [0.25, 0.3) is 55.6 Å². The van der Waals surface area contributed by atoms with E-state index in [1.54, 1.807) is 0 Å². The highest BCUT2D eigenvalue weighted by molar-refractivity contribution is 5.98. The Labute approximate surface area is 307 Å². The lowest BCUT2D eigenvalue weighted by Crippen LogP contribution is -2.14. The number of hydrogen-bond donors (Lipinski definition) is 0. The summed E-state index contributed by atoms with van der Waals surface area (Å²) in [5, 5.41) is 0. The van der Waals surface area contributed by atoms with Gasteiger partial charge in [0.15, 0.2) is 0 Å². The van der Waals surface area contributed by atoms with Crippen LogP contribution >= 0.6 is 0 Å². The van der Waals surface area contributed by atoms with E-state index in [0.29, 0.717) is 0 Å². The van der Waals surface area contributed by atoms with Gasteiger partial charge in [0.2, 0.25) is 0 Å². The van der Waals surface area contributed by atoms with Crippen LogP contribution < -0.4 is 4.90 Å². The zero-order chi connectivity index (χ0) is 35.1. The van der Waals surface area contributed by atoms with Gasteiger partial charge in [-0.3, -0.25) is 0 Å². The van der Waals surface area contributed by atoms with E-state index in [1.807, 2.05) is 0 Å². The van der Waals surface area contributed by atoms with E-state index in [2.05, 4.69) is 219 Å².